The highest BCUT2D eigenvalue weighted by molar-refractivity contribution is 6.36. The van der Waals surface area contributed by atoms with Crippen LogP contribution in [0.4, 0.5) is 5.69 Å². The number of rotatable bonds is 8. The van der Waals surface area contributed by atoms with Crippen LogP contribution in [0.15, 0.2) is 78.5 Å². The Bertz CT molecular complexity index is 1230. The Kier molecular flexibility index (Phi) is 6.68. The number of imide groups is 1. The van der Waals surface area contributed by atoms with E-state index in [1.807, 2.05) is 60.7 Å². The molecule has 0 saturated heterocycles. The molecule has 0 radical (unpaired) electrons. The third kappa shape index (κ3) is 4.53. The molecule has 0 spiro atoms. The molecule has 6 heteroatoms. The minimum atomic E-state index is -0.380. The highest BCUT2D eigenvalue weighted by Gasteiger charge is 2.40. The van der Waals surface area contributed by atoms with Crippen LogP contribution in [-0.2, 0) is 16.1 Å². The smallest absolute Gasteiger partial charge is 0.278 e. The molecule has 1 aliphatic heterocycles. The summed E-state index contributed by atoms with van der Waals surface area (Å²) in [7, 11) is 3.14. The van der Waals surface area contributed by atoms with Crippen LogP contribution in [0.3, 0.4) is 0 Å². The molecule has 0 atom stereocenters. The van der Waals surface area contributed by atoms with E-state index in [0.717, 1.165) is 11.3 Å². The van der Waals surface area contributed by atoms with Gasteiger partial charge in [-0.25, -0.2) is 0 Å². The van der Waals surface area contributed by atoms with Gasteiger partial charge in [-0.1, -0.05) is 56.3 Å². The number of ether oxygens (including phenoxy) is 2. The largest absolute Gasteiger partial charge is 0.497 e. The van der Waals surface area contributed by atoms with Crippen molar-refractivity contribution in [2.45, 2.75) is 26.3 Å². The fraction of sp³-hybridized carbons (Fsp3) is 0.214. The summed E-state index contributed by atoms with van der Waals surface area (Å²) in [6, 6.07) is 22.4. The van der Waals surface area contributed by atoms with Crippen molar-refractivity contribution in [1.29, 1.82) is 0 Å². The summed E-state index contributed by atoms with van der Waals surface area (Å²) in [6.07, 6.45) is 0. The van der Waals surface area contributed by atoms with Gasteiger partial charge in [-0.05, 0) is 47.4 Å². The molecule has 3 aromatic rings. The zero-order valence-electron chi connectivity index (χ0n) is 19.8. The molecule has 0 aromatic heterocycles. The van der Waals surface area contributed by atoms with Crippen molar-refractivity contribution in [3.63, 3.8) is 0 Å². The Morgan fingerprint density at radius 1 is 0.824 bits per heavy atom. The number of amides is 2. The number of carbonyl (C=O) groups excluding carboxylic acids is 2. The van der Waals surface area contributed by atoms with E-state index in [2.05, 4.69) is 19.2 Å². The van der Waals surface area contributed by atoms with E-state index in [0.29, 0.717) is 28.6 Å². The van der Waals surface area contributed by atoms with Crippen LogP contribution < -0.4 is 14.8 Å². The number of carbonyl (C=O) groups is 2. The van der Waals surface area contributed by atoms with Crippen LogP contribution in [0.25, 0.3) is 5.57 Å². The molecule has 1 N–H and O–H groups in total. The van der Waals surface area contributed by atoms with Gasteiger partial charge in [0.1, 0.15) is 17.2 Å². The van der Waals surface area contributed by atoms with E-state index in [1.54, 1.807) is 26.4 Å². The van der Waals surface area contributed by atoms with Crippen LogP contribution in [-0.4, -0.2) is 30.9 Å². The Morgan fingerprint density at radius 2 is 1.50 bits per heavy atom. The van der Waals surface area contributed by atoms with Crippen molar-refractivity contribution in [2.75, 3.05) is 19.5 Å². The highest BCUT2D eigenvalue weighted by Crippen LogP contribution is 2.36. The average molecular weight is 457 g/mol. The zero-order chi connectivity index (χ0) is 24.2. The quantitative estimate of drug-likeness (QED) is 0.471. The summed E-state index contributed by atoms with van der Waals surface area (Å²) in [6.45, 7) is 4.40. The lowest BCUT2D eigenvalue weighted by Crippen LogP contribution is -2.32. The second-order valence-electron chi connectivity index (χ2n) is 8.40. The molecule has 34 heavy (non-hydrogen) atoms. The number of anilines is 1. The van der Waals surface area contributed by atoms with Crippen LogP contribution in [0.1, 0.15) is 36.5 Å². The monoisotopic (exact) mass is 456 g/mol. The van der Waals surface area contributed by atoms with E-state index in [4.69, 9.17) is 9.47 Å². The average Bonchev–Trinajstić information content (AvgIpc) is 3.08. The molecular formula is C28H28N2O4. The maximum absolute atomic E-state index is 13.6. The number of methoxy groups -OCH3 is 2. The SMILES string of the molecule is COc1ccc(CN2C(=O)C(Nc3ccc(C(C)C)cc3)=C(c3ccccc3OC)C2=O)cc1. The minimum absolute atomic E-state index is 0.151. The molecule has 4 rings (SSSR count). The van der Waals surface area contributed by atoms with Gasteiger partial charge in [-0.2, -0.15) is 0 Å². The lowest BCUT2D eigenvalue weighted by Gasteiger charge is -2.16. The van der Waals surface area contributed by atoms with Gasteiger partial charge in [0.2, 0.25) is 0 Å². The number of benzene rings is 3. The molecule has 1 aliphatic rings. The van der Waals surface area contributed by atoms with Crippen molar-refractivity contribution < 1.29 is 19.1 Å². The van der Waals surface area contributed by atoms with Crippen molar-refractivity contribution in [2.24, 2.45) is 0 Å². The normalized spacial score (nSPS) is 13.6. The van der Waals surface area contributed by atoms with Crippen LogP contribution >= 0.6 is 0 Å². The third-order valence-corrected chi connectivity index (χ3v) is 5.89. The van der Waals surface area contributed by atoms with Gasteiger partial charge in [-0.15, -0.1) is 0 Å². The second-order valence-corrected chi connectivity index (χ2v) is 8.40. The van der Waals surface area contributed by atoms with Gasteiger partial charge in [0.15, 0.2) is 0 Å². The molecular weight excluding hydrogens is 428 g/mol. The minimum Gasteiger partial charge on any atom is -0.497 e. The third-order valence-electron chi connectivity index (χ3n) is 5.89. The van der Waals surface area contributed by atoms with Gasteiger partial charge < -0.3 is 14.8 Å². The van der Waals surface area contributed by atoms with Gasteiger partial charge in [0, 0.05) is 11.3 Å². The fourth-order valence-electron chi connectivity index (χ4n) is 3.95. The van der Waals surface area contributed by atoms with E-state index in [-0.39, 0.29) is 24.1 Å². The fourth-order valence-corrected chi connectivity index (χ4v) is 3.95. The molecule has 2 amide bonds. The first-order chi connectivity index (χ1) is 16.4. The molecule has 0 aliphatic carbocycles. The van der Waals surface area contributed by atoms with Crippen molar-refractivity contribution in [3.8, 4) is 11.5 Å². The predicted molar refractivity (Wildman–Crippen MR) is 133 cm³/mol. The lowest BCUT2D eigenvalue weighted by molar-refractivity contribution is -0.137. The van der Waals surface area contributed by atoms with E-state index in [1.165, 1.54) is 10.5 Å². The number of nitrogens with zero attached hydrogens (tertiary/aromatic N) is 1. The molecule has 1 heterocycles. The molecule has 174 valence electrons. The summed E-state index contributed by atoms with van der Waals surface area (Å²) in [5.41, 5.74) is 3.86. The summed E-state index contributed by atoms with van der Waals surface area (Å²) in [5.74, 6) is 0.885. The van der Waals surface area contributed by atoms with Crippen LogP contribution in [0.2, 0.25) is 0 Å². The summed E-state index contributed by atoms with van der Waals surface area (Å²) in [5, 5.41) is 3.21. The highest BCUT2D eigenvalue weighted by atomic mass is 16.5. The molecule has 0 bridgehead atoms. The molecule has 3 aromatic carbocycles. The number of hydrogen-bond acceptors (Lipinski definition) is 5. The van der Waals surface area contributed by atoms with Crippen LogP contribution in [0.5, 0.6) is 11.5 Å². The Balaban J connectivity index is 1.72. The van der Waals surface area contributed by atoms with Crippen molar-refractivity contribution in [3.05, 3.63) is 95.2 Å². The summed E-state index contributed by atoms with van der Waals surface area (Å²) < 4.78 is 10.7. The molecule has 0 saturated carbocycles. The van der Waals surface area contributed by atoms with Gasteiger partial charge in [0.05, 0.1) is 26.3 Å². The second kappa shape index (κ2) is 9.83. The van der Waals surface area contributed by atoms with Crippen molar-refractivity contribution >= 4 is 23.1 Å². The summed E-state index contributed by atoms with van der Waals surface area (Å²) >= 11 is 0. The number of para-hydroxylation sites is 1. The van der Waals surface area contributed by atoms with E-state index < -0.39 is 0 Å². The number of nitrogens with one attached hydrogen (secondary N) is 1. The van der Waals surface area contributed by atoms with Gasteiger partial charge in [-0.3, -0.25) is 14.5 Å². The predicted octanol–water partition coefficient (Wildman–Crippen LogP) is 5.22. The van der Waals surface area contributed by atoms with Crippen LogP contribution in [0, 0.1) is 0 Å². The van der Waals surface area contributed by atoms with Gasteiger partial charge >= 0.3 is 0 Å². The number of hydrogen-bond donors (Lipinski definition) is 1. The lowest BCUT2D eigenvalue weighted by atomic mass is 10.0. The Morgan fingerprint density at radius 3 is 2.12 bits per heavy atom. The maximum Gasteiger partial charge on any atom is 0.278 e. The van der Waals surface area contributed by atoms with E-state index in [9.17, 15) is 9.59 Å². The maximum atomic E-state index is 13.6. The molecule has 6 nitrogen and oxygen atoms in total. The van der Waals surface area contributed by atoms with Crippen molar-refractivity contribution in [1.82, 2.24) is 4.90 Å². The standard InChI is InChI=1S/C28H28N2O4/c1-18(2)20-11-13-21(14-12-20)29-26-25(23-7-5-6-8-24(23)34-4)27(31)30(28(26)32)17-19-9-15-22(33-3)16-10-19/h5-16,18,29H,17H2,1-4H3. The molecule has 0 fully saturated rings. The molecule has 0 unspecified atom stereocenters. The Labute approximate surface area is 199 Å². The summed E-state index contributed by atoms with van der Waals surface area (Å²) in [4.78, 5) is 28.4. The van der Waals surface area contributed by atoms with Gasteiger partial charge in [0.25, 0.3) is 11.8 Å². The first-order valence-corrected chi connectivity index (χ1v) is 11.2. The topological polar surface area (TPSA) is 67.9 Å². The van der Waals surface area contributed by atoms with E-state index >= 15 is 0 Å². The Hall–Kier alpha value is -4.06. The first-order valence-electron chi connectivity index (χ1n) is 11.2. The first kappa shape index (κ1) is 23.1. The zero-order valence-corrected chi connectivity index (χ0v) is 19.8.